The summed E-state index contributed by atoms with van der Waals surface area (Å²) in [4.78, 5) is 0. The molecule has 15 heavy (non-hydrogen) atoms. The molecule has 0 saturated heterocycles. The van der Waals surface area contributed by atoms with Crippen molar-refractivity contribution in [2.45, 2.75) is 32.5 Å². The van der Waals surface area contributed by atoms with E-state index in [1.807, 2.05) is 19.1 Å². The maximum Gasteiger partial charge on any atom is 0.124 e. The van der Waals surface area contributed by atoms with Gasteiger partial charge in [-0.2, -0.15) is 0 Å². The van der Waals surface area contributed by atoms with Crippen molar-refractivity contribution < 1.29 is 14.9 Å². The first-order valence-corrected chi connectivity index (χ1v) is 5.13. The van der Waals surface area contributed by atoms with E-state index in [-0.39, 0.29) is 13.2 Å². The molecule has 0 aliphatic heterocycles. The molecule has 1 aromatic rings. The average Bonchev–Trinajstić information content (AvgIpc) is 2.27. The van der Waals surface area contributed by atoms with Crippen molar-refractivity contribution in [1.29, 1.82) is 0 Å². The van der Waals surface area contributed by atoms with Crippen molar-refractivity contribution in [3.63, 3.8) is 0 Å². The maximum atomic E-state index is 9.76. The van der Waals surface area contributed by atoms with Crippen LogP contribution in [-0.2, 0) is 6.61 Å². The van der Waals surface area contributed by atoms with E-state index in [1.54, 1.807) is 19.1 Å². The third-order valence-corrected chi connectivity index (χ3v) is 2.44. The third-order valence-electron chi connectivity index (χ3n) is 2.44. The predicted molar refractivity (Wildman–Crippen MR) is 58.8 cm³/mol. The molecule has 0 heterocycles. The van der Waals surface area contributed by atoms with E-state index in [2.05, 4.69) is 0 Å². The van der Waals surface area contributed by atoms with Gasteiger partial charge in [-0.25, -0.2) is 0 Å². The largest absolute Gasteiger partial charge is 0.490 e. The molecular weight excluding hydrogens is 192 g/mol. The molecule has 1 atom stereocenters. The number of aliphatic hydroxyl groups is 2. The van der Waals surface area contributed by atoms with Gasteiger partial charge in [0.1, 0.15) is 12.4 Å². The molecule has 3 heteroatoms. The first kappa shape index (κ1) is 12.0. The number of benzene rings is 1. The Morgan fingerprint density at radius 1 is 1.33 bits per heavy atom. The number of hydrogen-bond donors (Lipinski definition) is 2. The second-order valence-corrected chi connectivity index (χ2v) is 3.91. The summed E-state index contributed by atoms with van der Waals surface area (Å²) in [6, 6.07) is 7.28. The summed E-state index contributed by atoms with van der Waals surface area (Å²) in [5.41, 5.74) is -0.0767. The van der Waals surface area contributed by atoms with Gasteiger partial charge in [0, 0.05) is 5.56 Å². The Labute approximate surface area is 90.3 Å². The molecule has 84 valence electrons. The average molecular weight is 210 g/mol. The highest BCUT2D eigenvalue weighted by molar-refractivity contribution is 5.32. The van der Waals surface area contributed by atoms with Crippen molar-refractivity contribution in [2.75, 3.05) is 6.61 Å². The van der Waals surface area contributed by atoms with E-state index < -0.39 is 5.60 Å². The smallest absolute Gasteiger partial charge is 0.124 e. The van der Waals surface area contributed by atoms with Crippen LogP contribution < -0.4 is 4.74 Å². The number of rotatable bonds is 5. The van der Waals surface area contributed by atoms with E-state index in [4.69, 9.17) is 9.84 Å². The highest BCUT2D eigenvalue weighted by atomic mass is 16.5. The van der Waals surface area contributed by atoms with Crippen molar-refractivity contribution in [3.05, 3.63) is 29.8 Å². The van der Waals surface area contributed by atoms with Crippen molar-refractivity contribution in [1.82, 2.24) is 0 Å². The number of ether oxygens (including phenoxy) is 1. The van der Waals surface area contributed by atoms with Crippen LogP contribution in [-0.4, -0.2) is 22.4 Å². The second kappa shape index (κ2) is 5.14. The van der Waals surface area contributed by atoms with E-state index in [0.717, 1.165) is 5.56 Å². The molecule has 1 aromatic carbocycles. The molecule has 0 amide bonds. The lowest BCUT2D eigenvalue weighted by molar-refractivity contribution is 0.00784. The van der Waals surface area contributed by atoms with E-state index in [1.165, 1.54) is 0 Å². The molecule has 1 unspecified atom stereocenters. The van der Waals surface area contributed by atoms with Crippen LogP contribution in [0.2, 0.25) is 0 Å². The van der Waals surface area contributed by atoms with Crippen LogP contribution >= 0.6 is 0 Å². The summed E-state index contributed by atoms with van der Waals surface area (Å²) >= 11 is 0. The molecule has 2 N–H and O–H groups in total. The number of hydrogen-bond acceptors (Lipinski definition) is 3. The zero-order chi connectivity index (χ0) is 11.3. The van der Waals surface area contributed by atoms with Gasteiger partial charge in [0.2, 0.25) is 0 Å². The topological polar surface area (TPSA) is 49.7 Å². The van der Waals surface area contributed by atoms with Gasteiger partial charge >= 0.3 is 0 Å². The first-order valence-electron chi connectivity index (χ1n) is 5.13. The number of aliphatic hydroxyl groups excluding tert-OH is 1. The van der Waals surface area contributed by atoms with Gasteiger partial charge in [-0.15, -0.1) is 0 Å². The molecule has 0 aliphatic carbocycles. The van der Waals surface area contributed by atoms with Gasteiger partial charge < -0.3 is 14.9 Å². The van der Waals surface area contributed by atoms with E-state index >= 15 is 0 Å². The Balaban J connectivity index is 2.65. The quantitative estimate of drug-likeness (QED) is 0.778. The summed E-state index contributed by atoms with van der Waals surface area (Å²) < 4.78 is 5.47. The monoisotopic (exact) mass is 210 g/mol. The Hall–Kier alpha value is -1.06. The molecule has 3 nitrogen and oxygen atoms in total. The fourth-order valence-corrected chi connectivity index (χ4v) is 1.11. The van der Waals surface area contributed by atoms with Crippen LogP contribution in [0.5, 0.6) is 5.75 Å². The minimum atomic E-state index is -0.817. The van der Waals surface area contributed by atoms with Gasteiger partial charge in [0.05, 0.1) is 12.2 Å². The SMILES string of the molecule is CCC(C)(O)COc1ccccc1CO. The predicted octanol–water partition coefficient (Wildman–Crippen LogP) is 1.72. The Bertz CT molecular complexity index is 307. The van der Waals surface area contributed by atoms with Crippen LogP contribution in [0, 0.1) is 0 Å². The molecule has 0 aromatic heterocycles. The van der Waals surface area contributed by atoms with Gasteiger partial charge in [-0.1, -0.05) is 25.1 Å². The maximum absolute atomic E-state index is 9.76. The summed E-state index contributed by atoms with van der Waals surface area (Å²) in [6.07, 6.45) is 0.633. The van der Waals surface area contributed by atoms with Crippen LogP contribution in [0.15, 0.2) is 24.3 Å². The van der Waals surface area contributed by atoms with Gasteiger partial charge in [-0.3, -0.25) is 0 Å². The minimum absolute atomic E-state index is 0.0511. The summed E-state index contributed by atoms with van der Waals surface area (Å²) in [7, 11) is 0. The van der Waals surface area contributed by atoms with Gasteiger partial charge in [0.15, 0.2) is 0 Å². The van der Waals surface area contributed by atoms with Crippen molar-refractivity contribution in [2.24, 2.45) is 0 Å². The normalized spacial score (nSPS) is 14.7. The van der Waals surface area contributed by atoms with E-state index in [0.29, 0.717) is 12.2 Å². The van der Waals surface area contributed by atoms with Crippen LogP contribution in [0.1, 0.15) is 25.8 Å². The fraction of sp³-hybridized carbons (Fsp3) is 0.500. The highest BCUT2D eigenvalue weighted by Gasteiger charge is 2.18. The first-order chi connectivity index (χ1) is 7.09. The lowest BCUT2D eigenvalue weighted by Crippen LogP contribution is -2.31. The third kappa shape index (κ3) is 3.53. The van der Waals surface area contributed by atoms with Crippen molar-refractivity contribution >= 4 is 0 Å². The van der Waals surface area contributed by atoms with Crippen LogP contribution in [0.4, 0.5) is 0 Å². The standard InChI is InChI=1S/C12H18O3/c1-3-12(2,14)9-15-11-7-5-4-6-10(11)8-13/h4-7,13-14H,3,8-9H2,1-2H3. The fourth-order valence-electron chi connectivity index (χ4n) is 1.11. The molecule has 0 aliphatic rings. The molecule has 0 fully saturated rings. The minimum Gasteiger partial charge on any atom is -0.490 e. The van der Waals surface area contributed by atoms with Crippen LogP contribution in [0.25, 0.3) is 0 Å². The molecule has 0 saturated carbocycles. The summed E-state index contributed by atoms with van der Waals surface area (Å²) in [5.74, 6) is 0.633. The van der Waals surface area contributed by atoms with E-state index in [9.17, 15) is 5.11 Å². The molecule has 0 bridgehead atoms. The Morgan fingerprint density at radius 3 is 2.60 bits per heavy atom. The summed E-state index contributed by atoms with van der Waals surface area (Å²) in [6.45, 7) is 3.82. The van der Waals surface area contributed by atoms with Crippen molar-refractivity contribution in [3.8, 4) is 5.75 Å². The summed E-state index contributed by atoms with van der Waals surface area (Å²) in [5, 5.41) is 18.8. The van der Waals surface area contributed by atoms with Gasteiger partial charge in [0.25, 0.3) is 0 Å². The lowest BCUT2D eigenvalue weighted by Gasteiger charge is -2.22. The Morgan fingerprint density at radius 2 is 2.00 bits per heavy atom. The molecule has 0 radical (unpaired) electrons. The zero-order valence-electron chi connectivity index (χ0n) is 9.23. The molecule has 0 spiro atoms. The number of para-hydroxylation sites is 1. The highest BCUT2D eigenvalue weighted by Crippen LogP contribution is 2.19. The Kier molecular flexibility index (Phi) is 4.12. The zero-order valence-corrected chi connectivity index (χ0v) is 9.23. The lowest BCUT2D eigenvalue weighted by atomic mass is 10.1. The molecular formula is C12H18O3. The second-order valence-electron chi connectivity index (χ2n) is 3.91. The molecule has 1 rings (SSSR count). The van der Waals surface area contributed by atoms with Crippen LogP contribution in [0.3, 0.4) is 0 Å². The van der Waals surface area contributed by atoms with Gasteiger partial charge in [-0.05, 0) is 19.4 Å².